The van der Waals surface area contributed by atoms with Gasteiger partial charge in [-0.3, -0.25) is 0 Å². The molecule has 2 N–H and O–H groups in total. The molecule has 1 heterocycles. The van der Waals surface area contributed by atoms with E-state index >= 15 is 0 Å². The summed E-state index contributed by atoms with van der Waals surface area (Å²) in [5.74, 6) is 1.77. The van der Waals surface area contributed by atoms with Crippen LogP contribution < -0.4 is 15.4 Å². The highest BCUT2D eigenvalue weighted by molar-refractivity contribution is 5.42. The fraction of sp³-hybridized carbons (Fsp3) is 0.706. The maximum absolute atomic E-state index is 5.72. The van der Waals surface area contributed by atoms with Crippen molar-refractivity contribution in [2.75, 3.05) is 24.6 Å². The number of hydrogen-bond acceptors (Lipinski definition) is 4. The molecule has 0 spiro atoms. The van der Waals surface area contributed by atoms with Gasteiger partial charge in [-0.05, 0) is 38.8 Å². The van der Waals surface area contributed by atoms with E-state index in [0.717, 1.165) is 31.2 Å². The Morgan fingerprint density at radius 3 is 2.67 bits per heavy atom. The first kappa shape index (κ1) is 16.1. The molecule has 1 aliphatic carbocycles. The zero-order valence-electron chi connectivity index (χ0n) is 13.3. The predicted molar refractivity (Wildman–Crippen MR) is 87.9 cm³/mol. The summed E-state index contributed by atoms with van der Waals surface area (Å²) < 4.78 is 5.55. The number of anilines is 1. The Balaban J connectivity index is 2.15. The van der Waals surface area contributed by atoms with Crippen molar-refractivity contribution in [3.05, 3.63) is 18.2 Å². The van der Waals surface area contributed by atoms with Gasteiger partial charge in [-0.25, -0.2) is 0 Å². The first-order valence-corrected chi connectivity index (χ1v) is 8.41. The Hall–Kier alpha value is -1.29. The normalized spacial score (nSPS) is 16.5. The van der Waals surface area contributed by atoms with E-state index in [1.807, 2.05) is 19.1 Å². The van der Waals surface area contributed by atoms with Crippen LogP contribution in [0.2, 0.25) is 0 Å². The van der Waals surface area contributed by atoms with Gasteiger partial charge in [0.15, 0.2) is 0 Å². The van der Waals surface area contributed by atoms with Crippen molar-refractivity contribution in [3.63, 3.8) is 0 Å². The minimum Gasteiger partial charge on any atom is -0.478 e. The van der Waals surface area contributed by atoms with Gasteiger partial charge >= 0.3 is 0 Å². The molecule has 21 heavy (non-hydrogen) atoms. The Bertz CT molecular complexity index is 403. The molecule has 1 aromatic heterocycles. The van der Waals surface area contributed by atoms with Gasteiger partial charge in [-0.15, -0.1) is 0 Å². The molecule has 1 aromatic rings. The molecular weight excluding hydrogens is 262 g/mol. The van der Waals surface area contributed by atoms with Crippen molar-refractivity contribution in [3.8, 4) is 5.88 Å². The van der Waals surface area contributed by atoms with E-state index in [2.05, 4.69) is 16.0 Å². The van der Waals surface area contributed by atoms with Crippen LogP contribution in [0.3, 0.4) is 0 Å². The van der Waals surface area contributed by atoms with E-state index in [4.69, 9.17) is 10.5 Å². The standard InChI is InChI=1S/C17H29N3O/c1-2-21-17-12-7-11-16(19-17)20(14-8-13-18)15-9-5-3-4-6-10-15/h7,11-12,15H,2-6,8-10,13-14,18H2,1H3. The molecule has 4 nitrogen and oxygen atoms in total. The van der Waals surface area contributed by atoms with Crippen molar-refractivity contribution >= 4 is 5.82 Å². The zero-order chi connectivity index (χ0) is 14.9. The third-order valence-electron chi connectivity index (χ3n) is 4.16. The van der Waals surface area contributed by atoms with Gasteiger partial charge < -0.3 is 15.4 Å². The number of pyridine rings is 1. The smallest absolute Gasteiger partial charge is 0.215 e. The molecule has 0 radical (unpaired) electrons. The molecule has 1 fully saturated rings. The Kier molecular flexibility index (Phi) is 6.80. The quantitative estimate of drug-likeness (QED) is 0.783. The van der Waals surface area contributed by atoms with E-state index in [0.29, 0.717) is 12.6 Å². The number of nitrogens with two attached hydrogens (primary N) is 1. The van der Waals surface area contributed by atoms with Gasteiger partial charge in [0.25, 0.3) is 0 Å². The van der Waals surface area contributed by atoms with Crippen molar-refractivity contribution < 1.29 is 4.74 Å². The van der Waals surface area contributed by atoms with Crippen LogP contribution in [0.5, 0.6) is 5.88 Å². The summed E-state index contributed by atoms with van der Waals surface area (Å²) in [5, 5.41) is 0. The molecule has 4 heteroatoms. The molecule has 0 saturated heterocycles. The lowest BCUT2D eigenvalue weighted by Crippen LogP contribution is -2.37. The van der Waals surface area contributed by atoms with Crippen LogP contribution in [0, 0.1) is 0 Å². The maximum Gasteiger partial charge on any atom is 0.215 e. The highest BCUT2D eigenvalue weighted by Gasteiger charge is 2.21. The molecule has 118 valence electrons. The summed E-state index contributed by atoms with van der Waals surface area (Å²) in [6.45, 7) is 4.37. The minimum atomic E-state index is 0.600. The first-order valence-electron chi connectivity index (χ1n) is 8.41. The maximum atomic E-state index is 5.72. The topological polar surface area (TPSA) is 51.4 Å². The molecule has 0 aromatic carbocycles. The molecule has 1 aliphatic rings. The van der Waals surface area contributed by atoms with Gasteiger partial charge in [0.2, 0.25) is 5.88 Å². The van der Waals surface area contributed by atoms with E-state index in [-0.39, 0.29) is 0 Å². The molecule has 0 aliphatic heterocycles. The summed E-state index contributed by atoms with van der Waals surface area (Å²) in [6.07, 6.45) is 8.94. The van der Waals surface area contributed by atoms with Crippen LogP contribution >= 0.6 is 0 Å². The molecule has 0 unspecified atom stereocenters. The van der Waals surface area contributed by atoms with Crippen LogP contribution in [0.15, 0.2) is 18.2 Å². The van der Waals surface area contributed by atoms with Crippen LogP contribution in [-0.4, -0.2) is 30.7 Å². The molecular formula is C17H29N3O. The lowest BCUT2D eigenvalue weighted by molar-refractivity contribution is 0.326. The third kappa shape index (κ3) is 4.88. The molecule has 0 bridgehead atoms. The zero-order valence-corrected chi connectivity index (χ0v) is 13.3. The molecule has 0 amide bonds. The summed E-state index contributed by atoms with van der Waals surface area (Å²) in [6, 6.07) is 6.67. The van der Waals surface area contributed by atoms with Gasteiger partial charge in [0, 0.05) is 18.7 Å². The highest BCUT2D eigenvalue weighted by atomic mass is 16.5. The first-order chi connectivity index (χ1) is 10.3. The van der Waals surface area contributed by atoms with E-state index in [9.17, 15) is 0 Å². The second-order valence-corrected chi connectivity index (χ2v) is 5.75. The molecule has 0 atom stereocenters. The third-order valence-corrected chi connectivity index (χ3v) is 4.16. The predicted octanol–water partition coefficient (Wildman–Crippen LogP) is 3.36. The van der Waals surface area contributed by atoms with Gasteiger partial charge in [-0.1, -0.05) is 31.7 Å². The Morgan fingerprint density at radius 2 is 2.00 bits per heavy atom. The van der Waals surface area contributed by atoms with Crippen molar-refractivity contribution in [2.24, 2.45) is 5.73 Å². The van der Waals surface area contributed by atoms with Gasteiger partial charge in [0.1, 0.15) is 5.82 Å². The summed E-state index contributed by atoms with van der Waals surface area (Å²) >= 11 is 0. The SMILES string of the molecule is CCOc1cccc(N(CCCN)C2CCCCCC2)n1. The van der Waals surface area contributed by atoms with Crippen molar-refractivity contribution in [1.82, 2.24) is 4.98 Å². The summed E-state index contributed by atoms with van der Waals surface area (Å²) in [4.78, 5) is 7.14. The van der Waals surface area contributed by atoms with E-state index in [1.54, 1.807) is 0 Å². The number of rotatable bonds is 7. The lowest BCUT2D eigenvalue weighted by Gasteiger charge is -2.32. The highest BCUT2D eigenvalue weighted by Crippen LogP contribution is 2.26. The number of ether oxygens (including phenoxy) is 1. The number of nitrogens with zero attached hydrogens (tertiary/aromatic N) is 2. The number of hydrogen-bond donors (Lipinski definition) is 1. The van der Waals surface area contributed by atoms with Gasteiger partial charge in [-0.2, -0.15) is 4.98 Å². The van der Waals surface area contributed by atoms with Crippen molar-refractivity contribution in [1.29, 1.82) is 0 Å². The van der Waals surface area contributed by atoms with Crippen LogP contribution in [0.1, 0.15) is 51.9 Å². The molecule has 2 rings (SSSR count). The van der Waals surface area contributed by atoms with Crippen molar-refractivity contribution in [2.45, 2.75) is 57.9 Å². The average molecular weight is 291 g/mol. The van der Waals surface area contributed by atoms with E-state index in [1.165, 1.54) is 38.5 Å². The van der Waals surface area contributed by atoms with E-state index < -0.39 is 0 Å². The minimum absolute atomic E-state index is 0.600. The second kappa shape index (κ2) is 8.88. The fourth-order valence-electron chi connectivity index (χ4n) is 3.11. The van der Waals surface area contributed by atoms with Gasteiger partial charge in [0.05, 0.1) is 6.61 Å². The monoisotopic (exact) mass is 291 g/mol. The summed E-state index contributed by atoms with van der Waals surface area (Å²) in [7, 11) is 0. The fourth-order valence-corrected chi connectivity index (χ4v) is 3.11. The number of aromatic nitrogens is 1. The van der Waals surface area contributed by atoms with Crippen LogP contribution in [0.25, 0.3) is 0 Å². The second-order valence-electron chi connectivity index (χ2n) is 5.75. The van der Waals surface area contributed by atoms with Crippen LogP contribution in [-0.2, 0) is 0 Å². The lowest BCUT2D eigenvalue weighted by atomic mass is 10.1. The molecule has 1 saturated carbocycles. The summed E-state index contributed by atoms with van der Waals surface area (Å²) in [5.41, 5.74) is 5.72. The largest absolute Gasteiger partial charge is 0.478 e. The Labute approximate surface area is 128 Å². The average Bonchev–Trinajstić information content (AvgIpc) is 2.78. The Morgan fingerprint density at radius 1 is 1.24 bits per heavy atom. The van der Waals surface area contributed by atoms with Crippen LogP contribution in [0.4, 0.5) is 5.82 Å².